The Hall–Kier alpha value is -1.73. The van der Waals surface area contributed by atoms with Crippen molar-refractivity contribution in [2.45, 2.75) is 44.7 Å². The fraction of sp³-hybridized carbons (Fsp3) is 0.588. The molecule has 4 rings (SSSR count). The van der Waals surface area contributed by atoms with Crippen LogP contribution in [0.2, 0.25) is 0 Å². The summed E-state index contributed by atoms with van der Waals surface area (Å²) in [5.74, 6) is 2.89. The lowest BCUT2D eigenvalue weighted by atomic mass is 9.95. The van der Waals surface area contributed by atoms with E-state index in [-0.39, 0.29) is 5.91 Å². The predicted octanol–water partition coefficient (Wildman–Crippen LogP) is 1.78. The molecule has 0 bridgehead atoms. The van der Waals surface area contributed by atoms with Crippen LogP contribution in [0, 0.1) is 0 Å². The van der Waals surface area contributed by atoms with Crippen LogP contribution in [0.5, 0.6) is 0 Å². The predicted molar refractivity (Wildman–Crippen MR) is 92.9 cm³/mol. The van der Waals surface area contributed by atoms with E-state index in [1.54, 1.807) is 11.3 Å². The van der Waals surface area contributed by atoms with Gasteiger partial charge in [0.2, 0.25) is 5.91 Å². The number of rotatable bonds is 4. The van der Waals surface area contributed by atoms with Crippen LogP contribution in [0.4, 0.5) is 0 Å². The molecule has 2 aliphatic rings. The number of fused-ring (bicyclic) bond motifs is 1. The van der Waals surface area contributed by atoms with Gasteiger partial charge in [0.05, 0.1) is 6.54 Å². The standard InChI is InChI=1S/C17H23N5OS/c23-16(2-1-13-5-10-24-12-13)21-7-3-14(4-8-21)17-20-19-15-11-18-6-9-22(15)17/h5,10,12,14,18H,1-4,6-9,11H2. The minimum atomic E-state index is 0.284. The lowest BCUT2D eigenvalue weighted by molar-refractivity contribution is -0.132. The van der Waals surface area contributed by atoms with Crippen LogP contribution in [0.15, 0.2) is 16.8 Å². The van der Waals surface area contributed by atoms with Crippen LogP contribution in [0.1, 0.15) is 42.4 Å². The summed E-state index contributed by atoms with van der Waals surface area (Å²) in [6, 6.07) is 2.10. The van der Waals surface area contributed by atoms with Gasteiger partial charge in [-0.15, -0.1) is 10.2 Å². The summed E-state index contributed by atoms with van der Waals surface area (Å²) in [7, 11) is 0. The monoisotopic (exact) mass is 345 g/mol. The van der Waals surface area contributed by atoms with Gasteiger partial charge in [0.15, 0.2) is 0 Å². The Morgan fingerprint density at radius 1 is 1.29 bits per heavy atom. The number of aromatic nitrogens is 3. The zero-order valence-corrected chi connectivity index (χ0v) is 14.6. The lowest BCUT2D eigenvalue weighted by Gasteiger charge is -2.32. The first-order chi connectivity index (χ1) is 11.8. The van der Waals surface area contributed by atoms with E-state index in [1.165, 1.54) is 5.56 Å². The van der Waals surface area contributed by atoms with E-state index in [9.17, 15) is 4.79 Å². The summed E-state index contributed by atoms with van der Waals surface area (Å²) < 4.78 is 2.27. The van der Waals surface area contributed by atoms with Crippen molar-refractivity contribution >= 4 is 17.2 Å². The molecule has 1 fully saturated rings. The van der Waals surface area contributed by atoms with Gasteiger partial charge in [-0.2, -0.15) is 11.3 Å². The van der Waals surface area contributed by atoms with E-state index in [0.717, 1.165) is 63.6 Å². The van der Waals surface area contributed by atoms with Crippen LogP contribution in [0.25, 0.3) is 0 Å². The third-order valence-electron chi connectivity index (χ3n) is 5.07. The molecule has 1 amide bonds. The van der Waals surface area contributed by atoms with Crippen molar-refractivity contribution < 1.29 is 4.79 Å². The third kappa shape index (κ3) is 3.23. The van der Waals surface area contributed by atoms with E-state index in [1.807, 2.05) is 4.90 Å². The van der Waals surface area contributed by atoms with Crippen molar-refractivity contribution in [3.8, 4) is 0 Å². The lowest BCUT2D eigenvalue weighted by Crippen LogP contribution is -2.39. The number of thiophene rings is 1. The minimum Gasteiger partial charge on any atom is -0.343 e. The number of nitrogens with zero attached hydrogens (tertiary/aromatic N) is 4. The third-order valence-corrected chi connectivity index (χ3v) is 5.80. The van der Waals surface area contributed by atoms with Gasteiger partial charge in [-0.25, -0.2) is 0 Å². The molecule has 2 aromatic heterocycles. The van der Waals surface area contributed by atoms with Gasteiger partial charge in [0.1, 0.15) is 11.6 Å². The Labute approximate surface area is 145 Å². The quantitative estimate of drug-likeness (QED) is 0.917. The first-order valence-electron chi connectivity index (χ1n) is 8.73. The summed E-state index contributed by atoms with van der Waals surface area (Å²) in [6.45, 7) is 4.43. The average molecular weight is 345 g/mol. The fourth-order valence-electron chi connectivity index (χ4n) is 3.65. The van der Waals surface area contributed by atoms with Crippen molar-refractivity contribution in [2.75, 3.05) is 19.6 Å². The molecule has 128 valence electrons. The minimum absolute atomic E-state index is 0.284. The fourth-order valence-corrected chi connectivity index (χ4v) is 4.35. The highest BCUT2D eigenvalue weighted by molar-refractivity contribution is 7.07. The summed E-state index contributed by atoms with van der Waals surface area (Å²) in [4.78, 5) is 14.4. The molecule has 1 saturated heterocycles. The Morgan fingerprint density at radius 3 is 2.96 bits per heavy atom. The number of carbonyl (C=O) groups is 1. The molecule has 0 radical (unpaired) electrons. The number of aryl methyl sites for hydroxylation is 1. The molecule has 0 unspecified atom stereocenters. The maximum absolute atomic E-state index is 12.4. The Kier molecular flexibility index (Phi) is 4.62. The van der Waals surface area contributed by atoms with Gasteiger partial charge in [0, 0.05) is 38.5 Å². The topological polar surface area (TPSA) is 63.1 Å². The van der Waals surface area contributed by atoms with E-state index in [2.05, 4.69) is 36.9 Å². The van der Waals surface area contributed by atoms with Gasteiger partial charge in [-0.05, 0) is 41.7 Å². The van der Waals surface area contributed by atoms with Crippen molar-refractivity contribution in [2.24, 2.45) is 0 Å². The summed E-state index contributed by atoms with van der Waals surface area (Å²) >= 11 is 1.69. The van der Waals surface area contributed by atoms with Gasteiger partial charge in [-0.3, -0.25) is 4.79 Å². The second kappa shape index (κ2) is 7.03. The van der Waals surface area contributed by atoms with Gasteiger partial charge < -0.3 is 14.8 Å². The van der Waals surface area contributed by atoms with Crippen molar-refractivity contribution in [3.05, 3.63) is 34.0 Å². The van der Waals surface area contributed by atoms with Gasteiger partial charge >= 0.3 is 0 Å². The summed E-state index contributed by atoms with van der Waals surface area (Å²) in [5, 5.41) is 16.3. The molecular formula is C17H23N5OS. The number of likely N-dealkylation sites (tertiary alicyclic amines) is 1. The molecule has 1 N–H and O–H groups in total. The van der Waals surface area contributed by atoms with E-state index in [0.29, 0.717) is 12.3 Å². The number of piperidine rings is 1. The van der Waals surface area contributed by atoms with Gasteiger partial charge in [-0.1, -0.05) is 0 Å². The second-order valence-corrected chi connectivity index (χ2v) is 7.37. The molecular weight excluding hydrogens is 322 g/mol. The summed E-state index contributed by atoms with van der Waals surface area (Å²) in [5.41, 5.74) is 1.27. The van der Waals surface area contributed by atoms with E-state index >= 15 is 0 Å². The molecule has 2 aliphatic heterocycles. The molecule has 7 heteroatoms. The maximum Gasteiger partial charge on any atom is 0.222 e. The van der Waals surface area contributed by atoms with Crippen LogP contribution in [-0.4, -0.2) is 45.2 Å². The Morgan fingerprint density at radius 2 is 2.17 bits per heavy atom. The number of nitrogens with one attached hydrogen (secondary N) is 1. The molecule has 0 spiro atoms. The number of hydrogen-bond donors (Lipinski definition) is 1. The van der Waals surface area contributed by atoms with Crippen molar-refractivity contribution in [3.63, 3.8) is 0 Å². The van der Waals surface area contributed by atoms with Crippen molar-refractivity contribution in [1.82, 2.24) is 25.0 Å². The van der Waals surface area contributed by atoms with Crippen LogP contribution < -0.4 is 5.32 Å². The smallest absolute Gasteiger partial charge is 0.222 e. The zero-order valence-electron chi connectivity index (χ0n) is 13.8. The molecule has 6 nitrogen and oxygen atoms in total. The van der Waals surface area contributed by atoms with Crippen LogP contribution in [0.3, 0.4) is 0 Å². The highest BCUT2D eigenvalue weighted by Gasteiger charge is 2.28. The molecule has 0 saturated carbocycles. The largest absolute Gasteiger partial charge is 0.343 e. The number of carbonyl (C=O) groups excluding carboxylic acids is 1. The average Bonchev–Trinajstić information content (AvgIpc) is 3.29. The molecule has 24 heavy (non-hydrogen) atoms. The SMILES string of the molecule is O=C(CCc1ccsc1)N1CCC(c2nnc3n2CCNC3)CC1. The van der Waals surface area contributed by atoms with Crippen molar-refractivity contribution in [1.29, 1.82) is 0 Å². The normalized spacial score (nSPS) is 18.6. The molecule has 0 atom stereocenters. The molecule has 0 aromatic carbocycles. The maximum atomic E-state index is 12.4. The number of amides is 1. The highest BCUT2D eigenvalue weighted by Crippen LogP contribution is 2.28. The van der Waals surface area contributed by atoms with Gasteiger partial charge in [0.25, 0.3) is 0 Å². The number of hydrogen-bond acceptors (Lipinski definition) is 5. The van der Waals surface area contributed by atoms with E-state index in [4.69, 9.17) is 0 Å². The zero-order chi connectivity index (χ0) is 16.4. The Balaban J connectivity index is 1.31. The summed E-state index contributed by atoms with van der Waals surface area (Å²) in [6.07, 6.45) is 3.46. The Bertz CT molecular complexity index is 688. The highest BCUT2D eigenvalue weighted by atomic mass is 32.1. The molecule has 0 aliphatic carbocycles. The second-order valence-electron chi connectivity index (χ2n) is 6.59. The molecule has 2 aromatic rings. The first-order valence-corrected chi connectivity index (χ1v) is 9.67. The van der Waals surface area contributed by atoms with E-state index < -0.39 is 0 Å². The first kappa shape index (κ1) is 15.8. The molecule has 4 heterocycles. The van der Waals surface area contributed by atoms with Crippen LogP contribution >= 0.6 is 11.3 Å². The van der Waals surface area contributed by atoms with Crippen LogP contribution in [-0.2, 0) is 24.3 Å².